The molecule has 2 rings (SSSR count). The first-order valence-electron chi connectivity index (χ1n) is 6.33. The number of carbonyl (C=O) groups excluding carboxylic acids is 3. The van der Waals surface area contributed by atoms with Gasteiger partial charge in [-0.25, -0.2) is 0 Å². The lowest BCUT2D eigenvalue weighted by Gasteiger charge is -2.22. The molecule has 1 heterocycles. The lowest BCUT2D eigenvalue weighted by Crippen LogP contribution is -2.48. The summed E-state index contributed by atoms with van der Waals surface area (Å²) in [6, 6.07) is 3.56. The summed E-state index contributed by atoms with van der Waals surface area (Å²) < 4.78 is 0. The van der Waals surface area contributed by atoms with Crippen molar-refractivity contribution in [3.05, 3.63) is 34.9 Å². The summed E-state index contributed by atoms with van der Waals surface area (Å²) in [4.78, 5) is 47.6. The van der Waals surface area contributed by atoms with Gasteiger partial charge in [-0.05, 0) is 25.0 Å². The Morgan fingerprint density at radius 1 is 1.29 bits per heavy atom. The fourth-order valence-corrected chi connectivity index (χ4v) is 2.41. The monoisotopic (exact) mass is 290 g/mol. The molecule has 0 aliphatic carbocycles. The van der Waals surface area contributed by atoms with E-state index >= 15 is 0 Å². The van der Waals surface area contributed by atoms with E-state index in [4.69, 9.17) is 10.8 Å². The van der Waals surface area contributed by atoms with Crippen molar-refractivity contribution in [2.24, 2.45) is 5.73 Å². The summed E-state index contributed by atoms with van der Waals surface area (Å²) in [5.41, 5.74) is 6.29. The Hall–Kier alpha value is -2.70. The van der Waals surface area contributed by atoms with Crippen LogP contribution in [-0.2, 0) is 9.59 Å². The van der Waals surface area contributed by atoms with Crippen LogP contribution in [-0.4, -0.2) is 39.7 Å². The largest absolute Gasteiger partial charge is 0.481 e. The molecule has 1 atom stereocenters. The van der Waals surface area contributed by atoms with Crippen molar-refractivity contribution in [1.82, 2.24) is 4.90 Å². The third kappa shape index (κ3) is 2.49. The SMILES string of the molecule is Cc1cccc2c1C(=O)N(C(CCC(=O)O)C(N)=O)C2=O. The van der Waals surface area contributed by atoms with E-state index in [-0.39, 0.29) is 24.0 Å². The highest BCUT2D eigenvalue weighted by Crippen LogP contribution is 2.28. The quantitative estimate of drug-likeness (QED) is 0.757. The van der Waals surface area contributed by atoms with E-state index in [2.05, 4.69) is 0 Å². The minimum absolute atomic E-state index is 0.199. The first kappa shape index (κ1) is 14.7. The number of carbonyl (C=O) groups is 4. The molecule has 7 nitrogen and oxygen atoms in total. The molecular weight excluding hydrogens is 276 g/mol. The van der Waals surface area contributed by atoms with Crippen LogP contribution in [0.4, 0.5) is 0 Å². The number of aryl methyl sites for hydroxylation is 1. The van der Waals surface area contributed by atoms with Gasteiger partial charge in [-0.2, -0.15) is 0 Å². The van der Waals surface area contributed by atoms with Gasteiger partial charge in [-0.3, -0.25) is 24.1 Å². The number of primary amides is 1. The van der Waals surface area contributed by atoms with Crippen molar-refractivity contribution in [2.45, 2.75) is 25.8 Å². The van der Waals surface area contributed by atoms with Crippen LogP contribution >= 0.6 is 0 Å². The normalized spacial score (nSPS) is 15.0. The van der Waals surface area contributed by atoms with Gasteiger partial charge in [0.2, 0.25) is 5.91 Å². The van der Waals surface area contributed by atoms with Gasteiger partial charge in [0.15, 0.2) is 0 Å². The molecule has 0 spiro atoms. The minimum atomic E-state index is -1.26. The van der Waals surface area contributed by atoms with Crippen LogP contribution in [0, 0.1) is 6.92 Å². The molecule has 0 saturated carbocycles. The van der Waals surface area contributed by atoms with Gasteiger partial charge in [0.25, 0.3) is 11.8 Å². The summed E-state index contributed by atoms with van der Waals surface area (Å²) in [5.74, 6) is -3.26. The molecule has 3 amide bonds. The molecule has 0 bridgehead atoms. The molecule has 1 aliphatic heterocycles. The highest BCUT2D eigenvalue weighted by atomic mass is 16.4. The Labute approximate surface area is 120 Å². The second-order valence-electron chi connectivity index (χ2n) is 4.83. The minimum Gasteiger partial charge on any atom is -0.481 e. The van der Waals surface area contributed by atoms with Crippen LogP contribution in [0.3, 0.4) is 0 Å². The summed E-state index contributed by atoms with van der Waals surface area (Å²) in [6.45, 7) is 1.68. The standard InChI is InChI=1S/C14H14N2O5/c1-7-3-2-4-8-11(7)14(21)16(13(8)20)9(12(15)19)5-6-10(17)18/h2-4,9H,5-6H2,1H3,(H2,15,19)(H,17,18). The first-order chi connectivity index (χ1) is 9.84. The maximum absolute atomic E-state index is 12.4. The Morgan fingerprint density at radius 2 is 1.95 bits per heavy atom. The number of hydrogen-bond donors (Lipinski definition) is 2. The Bertz CT molecular complexity index is 653. The van der Waals surface area contributed by atoms with E-state index in [1.165, 1.54) is 6.07 Å². The number of hydrogen-bond acceptors (Lipinski definition) is 4. The zero-order valence-corrected chi connectivity index (χ0v) is 11.3. The van der Waals surface area contributed by atoms with Gasteiger partial charge in [-0.1, -0.05) is 12.1 Å². The summed E-state index contributed by atoms with van der Waals surface area (Å²) >= 11 is 0. The highest BCUT2D eigenvalue weighted by Gasteiger charge is 2.42. The first-order valence-corrected chi connectivity index (χ1v) is 6.33. The molecule has 0 fully saturated rings. The summed E-state index contributed by atoms with van der Waals surface area (Å²) in [7, 11) is 0. The van der Waals surface area contributed by atoms with Gasteiger partial charge in [0.05, 0.1) is 11.1 Å². The topological polar surface area (TPSA) is 118 Å². The number of rotatable bonds is 5. The average molecular weight is 290 g/mol. The second kappa shape index (κ2) is 5.35. The van der Waals surface area contributed by atoms with Crippen molar-refractivity contribution in [1.29, 1.82) is 0 Å². The van der Waals surface area contributed by atoms with Crippen LogP contribution in [0.1, 0.15) is 39.1 Å². The van der Waals surface area contributed by atoms with Gasteiger partial charge in [0.1, 0.15) is 6.04 Å². The molecule has 110 valence electrons. The van der Waals surface area contributed by atoms with Gasteiger partial charge < -0.3 is 10.8 Å². The molecular formula is C14H14N2O5. The van der Waals surface area contributed by atoms with Crippen LogP contribution < -0.4 is 5.73 Å². The zero-order chi connectivity index (χ0) is 15.7. The van der Waals surface area contributed by atoms with Crippen LogP contribution in [0.2, 0.25) is 0 Å². The molecule has 1 aromatic rings. The van der Waals surface area contributed by atoms with E-state index in [0.717, 1.165) is 4.90 Å². The van der Waals surface area contributed by atoms with E-state index in [9.17, 15) is 19.2 Å². The molecule has 0 aromatic heterocycles. The van der Waals surface area contributed by atoms with E-state index < -0.39 is 29.7 Å². The van der Waals surface area contributed by atoms with Crippen LogP contribution in [0.25, 0.3) is 0 Å². The lowest BCUT2D eigenvalue weighted by atomic mass is 10.0. The Morgan fingerprint density at radius 3 is 2.48 bits per heavy atom. The molecule has 3 N–H and O–H groups in total. The maximum Gasteiger partial charge on any atom is 0.303 e. The molecule has 0 saturated heterocycles. The van der Waals surface area contributed by atoms with Crippen molar-refractivity contribution in [3.8, 4) is 0 Å². The number of aliphatic carboxylic acids is 1. The Kier molecular flexibility index (Phi) is 3.75. The Balaban J connectivity index is 2.38. The van der Waals surface area contributed by atoms with Gasteiger partial charge in [0, 0.05) is 6.42 Å². The number of fused-ring (bicyclic) bond motifs is 1. The smallest absolute Gasteiger partial charge is 0.303 e. The van der Waals surface area contributed by atoms with E-state index in [0.29, 0.717) is 5.56 Å². The second-order valence-corrected chi connectivity index (χ2v) is 4.83. The summed E-state index contributed by atoms with van der Waals surface area (Å²) in [6.07, 6.45) is -0.560. The van der Waals surface area contributed by atoms with Gasteiger partial charge >= 0.3 is 5.97 Å². The van der Waals surface area contributed by atoms with Crippen molar-refractivity contribution in [2.75, 3.05) is 0 Å². The lowest BCUT2D eigenvalue weighted by molar-refractivity contribution is -0.137. The number of nitrogens with two attached hydrogens (primary N) is 1. The van der Waals surface area contributed by atoms with E-state index in [1.807, 2.05) is 0 Å². The molecule has 0 radical (unpaired) electrons. The highest BCUT2D eigenvalue weighted by molar-refractivity contribution is 6.23. The molecule has 1 aromatic carbocycles. The predicted molar refractivity (Wildman–Crippen MR) is 71.5 cm³/mol. The number of carboxylic acid groups (broad SMARTS) is 1. The number of benzene rings is 1. The zero-order valence-electron chi connectivity index (χ0n) is 11.3. The third-order valence-electron chi connectivity index (χ3n) is 3.43. The predicted octanol–water partition coefficient (Wildman–Crippen LogP) is 0.310. The van der Waals surface area contributed by atoms with Gasteiger partial charge in [-0.15, -0.1) is 0 Å². The van der Waals surface area contributed by atoms with Crippen molar-refractivity contribution in [3.63, 3.8) is 0 Å². The van der Waals surface area contributed by atoms with Crippen molar-refractivity contribution >= 4 is 23.7 Å². The molecule has 1 unspecified atom stereocenters. The van der Waals surface area contributed by atoms with Crippen LogP contribution in [0.15, 0.2) is 18.2 Å². The molecule has 7 heteroatoms. The van der Waals surface area contributed by atoms with Crippen molar-refractivity contribution < 1.29 is 24.3 Å². The fraction of sp³-hybridized carbons (Fsp3) is 0.286. The average Bonchev–Trinajstić information content (AvgIpc) is 2.64. The number of amides is 3. The van der Waals surface area contributed by atoms with Crippen LogP contribution in [0.5, 0.6) is 0 Å². The number of imide groups is 1. The third-order valence-corrected chi connectivity index (χ3v) is 3.43. The van der Waals surface area contributed by atoms with E-state index in [1.54, 1.807) is 19.1 Å². The molecule has 21 heavy (non-hydrogen) atoms. The fourth-order valence-electron chi connectivity index (χ4n) is 2.41. The number of carboxylic acids is 1. The number of nitrogens with zero attached hydrogens (tertiary/aromatic N) is 1. The molecule has 1 aliphatic rings. The maximum atomic E-state index is 12.4. The summed E-state index contributed by atoms with van der Waals surface area (Å²) in [5, 5.41) is 8.70.